The Morgan fingerprint density at radius 1 is 1.23 bits per heavy atom. The Morgan fingerprint density at radius 2 is 2.03 bits per heavy atom. The van der Waals surface area contributed by atoms with Gasteiger partial charge in [-0.15, -0.1) is 24.9 Å². The van der Waals surface area contributed by atoms with Crippen molar-refractivity contribution < 1.29 is 9.18 Å². The van der Waals surface area contributed by atoms with Crippen LogP contribution in [0.2, 0.25) is 0 Å². The number of benzene rings is 1. The monoisotopic (exact) mass is 423 g/mol. The highest BCUT2D eigenvalue weighted by atomic mass is 32.2. The number of halogens is 1. The van der Waals surface area contributed by atoms with Gasteiger partial charge in [0.15, 0.2) is 0 Å². The second-order valence-corrected chi connectivity index (χ2v) is 8.89. The Hall–Kier alpha value is -2.44. The summed E-state index contributed by atoms with van der Waals surface area (Å²) in [5, 5.41) is 0.702. The normalized spacial score (nSPS) is 17.7. The second-order valence-electron chi connectivity index (χ2n) is 7.88. The van der Waals surface area contributed by atoms with Crippen molar-refractivity contribution in [2.24, 2.45) is 0 Å². The van der Waals surface area contributed by atoms with Gasteiger partial charge in [-0.2, -0.15) is 0 Å². The van der Waals surface area contributed by atoms with Gasteiger partial charge < -0.3 is 4.90 Å². The lowest BCUT2D eigenvalue weighted by atomic mass is 9.74. The SMILES string of the molecule is C=CCSc1ncccc1C(=O)N1CC2(CCN(CC=C)CC2)c2cc(F)ccc21. The maximum absolute atomic E-state index is 14.2. The summed E-state index contributed by atoms with van der Waals surface area (Å²) in [4.78, 5) is 22.2. The number of hydrogen-bond donors (Lipinski definition) is 0. The first-order chi connectivity index (χ1) is 14.6. The average Bonchev–Trinajstić information content (AvgIpc) is 3.07. The smallest absolute Gasteiger partial charge is 0.261 e. The predicted molar refractivity (Wildman–Crippen MR) is 121 cm³/mol. The van der Waals surface area contributed by atoms with Gasteiger partial charge in [-0.3, -0.25) is 9.69 Å². The Kier molecular flexibility index (Phi) is 6.06. The zero-order valence-electron chi connectivity index (χ0n) is 17.0. The van der Waals surface area contributed by atoms with E-state index >= 15 is 0 Å². The van der Waals surface area contributed by atoms with Crippen molar-refractivity contribution in [1.29, 1.82) is 0 Å². The first kappa shape index (κ1) is 20.8. The van der Waals surface area contributed by atoms with Crippen molar-refractivity contribution in [2.75, 3.05) is 36.8 Å². The fourth-order valence-electron chi connectivity index (χ4n) is 4.55. The van der Waals surface area contributed by atoms with Gasteiger partial charge in [-0.1, -0.05) is 12.2 Å². The molecule has 1 aromatic carbocycles. The lowest BCUT2D eigenvalue weighted by Crippen LogP contribution is -2.46. The number of piperidine rings is 1. The molecule has 0 radical (unpaired) electrons. The summed E-state index contributed by atoms with van der Waals surface area (Å²) in [6, 6.07) is 8.43. The van der Waals surface area contributed by atoms with Gasteiger partial charge in [-0.05, 0) is 61.8 Å². The van der Waals surface area contributed by atoms with Crippen LogP contribution in [-0.4, -0.2) is 47.7 Å². The topological polar surface area (TPSA) is 36.4 Å². The van der Waals surface area contributed by atoms with Crippen molar-refractivity contribution in [3.63, 3.8) is 0 Å². The summed E-state index contributed by atoms with van der Waals surface area (Å²) in [7, 11) is 0. The number of carbonyl (C=O) groups excluding carboxylic acids is 1. The van der Waals surface area contributed by atoms with E-state index in [9.17, 15) is 9.18 Å². The predicted octanol–water partition coefficient (Wildman–Crippen LogP) is 4.68. The number of pyridine rings is 1. The summed E-state index contributed by atoms with van der Waals surface area (Å²) in [6.45, 7) is 10.8. The Balaban J connectivity index is 1.67. The molecule has 0 N–H and O–H groups in total. The van der Waals surface area contributed by atoms with E-state index in [2.05, 4.69) is 23.0 Å². The zero-order valence-corrected chi connectivity index (χ0v) is 17.8. The molecule has 2 aliphatic heterocycles. The number of aromatic nitrogens is 1. The third kappa shape index (κ3) is 3.82. The van der Waals surface area contributed by atoms with E-state index in [-0.39, 0.29) is 17.1 Å². The number of nitrogens with zero attached hydrogens (tertiary/aromatic N) is 3. The molecule has 1 spiro atoms. The van der Waals surface area contributed by atoms with Gasteiger partial charge in [0.1, 0.15) is 10.8 Å². The Labute approximate surface area is 181 Å². The van der Waals surface area contributed by atoms with Crippen LogP contribution in [0.4, 0.5) is 10.1 Å². The van der Waals surface area contributed by atoms with Gasteiger partial charge in [0.25, 0.3) is 5.91 Å². The number of thioether (sulfide) groups is 1. The minimum absolute atomic E-state index is 0.0760. The van der Waals surface area contributed by atoms with Crippen molar-refractivity contribution in [3.8, 4) is 0 Å². The fourth-order valence-corrected chi connectivity index (χ4v) is 5.27. The van der Waals surface area contributed by atoms with Crippen LogP contribution in [0.5, 0.6) is 0 Å². The van der Waals surface area contributed by atoms with Crippen molar-refractivity contribution in [3.05, 3.63) is 78.8 Å². The number of amides is 1. The highest BCUT2D eigenvalue weighted by Crippen LogP contribution is 2.48. The fraction of sp³-hybridized carbons (Fsp3) is 0.333. The third-order valence-corrected chi connectivity index (χ3v) is 7.07. The molecule has 4 nitrogen and oxygen atoms in total. The number of fused-ring (bicyclic) bond motifs is 2. The molecular formula is C24H26FN3OS. The molecular weight excluding hydrogens is 397 g/mol. The molecule has 0 unspecified atom stereocenters. The molecule has 0 atom stereocenters. The van der Waals surface area contributed by atoms with E-state index in [1.54, 1.807) is 30.5 Å². The first-order valence-electron chi connectivity index (χ1n) is 10.2. The third-order valence-electron chi connectivity index (χ3n) is 6.07. The van der Waals surface area contributed by atoms with Crippen LogP contribution in [0.25, 0.3) is 0 Å². The zero-order chi connectivity index (χ0) is 21.1. The van der Waals surface area contributed by atoms with E-state index in [1.165, 1.54) is 17.8 Å². The maximum Gasteiger partial charge on any atom is 0.261 e. The van der Waals surface area contributed by atoms with E-state index in [0.717, 1.165) is 43.7 Å². The first-order valence-corrected chi connectivity index (χ1v) is 11.2. The summed E-state index contributed by atoms with van der Waals surface area (Å²) in [5.74, 6) is 0.356. The highest BCUT2D eigenvalue weighted by Gasteiger charge is 2.46. The minimum atomic E-state index is -0.250. The Morgan fingerprint density at radius 3 is 2.77 bits per heavy atom. The summed E-state index contributed by atoms with van der Waals surface area (Å²) < 4.78 is 14.2. The molecule has 6 heteroatoms. The molecule has 1 saturated heterocycles. The molecule has 1 amide bonds. The lowest BCUT2D eigenvalue weighted by Gasteiger charge is -2.39. The van der Waals surface area contributed by atoms with Gasteiger partial charge in [0.2, 0.25) is 0 Å². The molecule has 2 aliphatic rings. The summed E-state index contributed by atoms with van der Waals surface area (Å²) in [6.07, 6.45) is 7.21. The number of likely N-dealkylation sites (tertiary alicyclic amines) is 1. The second kappa shape index (κ2) is 8.74. The number of anilines is 1. The standard InChI is InChI=1S/C24H26FN3OS/c1-3-12-27-13-9-24(10-14-27)17-28(21-8-7-18(25)16-20(21)24)23(29)19-6-5-11-26-22(19)30-15-4-2/h3-8,11,16H,1-2,9-10,12-15,17H2. The molecule has 0 bridgehead atoms. The molecule has 1 aromatic heterocycles. The van der Waals surface area contributed by atoms with Crippen molar-refractivity contribution >= 4 is 23.4 Å². The molecule has 0 aliphatic carbocycles. The van der Waals surface area contributed by atoms with Crippen molar-refractivity contribution in [2.45, 2.75) is 23.3 Å². The number of hydrogen-bond acceptors (Lipinski definition) is 4. The maximum atomic E-state index is 14.2. The quantitative estimate of drug-likeness (QED) is 0.499. The van der Waals surface area contributed by atoms with Crippen LogP contribution in [-0.2, 0) is 5.41 Å². The van der Waals surface area contributed by atoms with Crippen molar-refractivity contribution in [1.82, 2.24) is 9.88 Å². The summed E-state index contributed by atoms with van der Waals surface area (Å²) in [5.41, 5.74) is 2.16. The van der Waals surface area contributed by atoms with E-state index in [1.807, 2.05) is 17.0 Å². The number of carbonyl (C=O) groups is 1. The van der Waals surface area contributed by atoms with Crippen LogP contribution in [0.3, 0.4) is 0 Å². The van der Waals surface area contributed by atoms with E-state index in [0.29, 0.717) is 22.9 Å². The van der Waals surface area contributed by atoms with Crippen LogP contribution >= 0.6 is 11.8 Å². The van der Waals surface area contributed by atoms with Crippen LogP contribution in [0, 0.1) is 5.82 Å². The average molecular weight is 424 g/mol. The van der Waals surface area contributed by atoms with Crippen LogP contribution < -0.4 is 4.90 Å². The van der Waals surface area contributed by atoms with Gasteiger partial charge in [0.05, 0.1) is 5.56 Å². The molecule has 156 valence electrons. The van der Waals surface area contributed by atoms with Gasteiger partial charge in [0, 0.05) is 36.1 Å². The Bertz CT molecular complexity index is 969. The summed E-state index contributed by atoms with van der Waals surface area (Å²) >= 11 is 1.50. The molecule has 2 aromatic rings. The van der Waals surface area contributed by atoms with E-state index < -0.39 is 0 Å². The molecule has 4 rings (SSSR count). The van der Waals surface area contributed by atoms with Crippen LogP contribution in [0.15, 0.2) is 66.9 Å². The molecule has 3 heterocycles. The lowest BCUT2D eigenvalue weighted by molar-refractivity contribution is 0.0974. The molecule has 1 fully saturated rings. The van der Waals surface area contributed by atoms with Gasteiger partial charge in [-0.25, -0.2) is 9.37 Å². The van der Waals surface area contributed by atoms with Gasteiger partial charge >= 0.3 is 0 Å². The van der Waals surface area contributed by atoms with E-state index in [4.69, 9.17) is 0 Å². The molecule has 30 heavy (non-hydrogen) atoms. The number of rotatable bonds is 6. The largest absolute Gasteiger partial charge is 0.307 e. The minimum Gasteiger partial charge on any atom is -0.307 e. The van der Waals surface area contributed by atoms with Crippen LogP contribution in [0.1, 0.15) is 28.8 Å². The highest BCUT2D eigenvalue weighted by molar-refractivity contribution is 7.99. The molecule has 0 saturated carbocycles.